The maximum atomic E-state index is 12.0. The maximum Gasteiger partial charge on any atom is 0.332 e. The molecule has 22 unspecified atom stereocenters. The SMILES string of the molecule is CC(=O)OCC1O[C@@H](O[C@@H]2C(C)OC(CO)[C@@H](O)C2O)[C@@H](O)C(O)[C@@H]1OC(=O)CC(C)O.CC(=O)OCC1O[C@@H](O[C@@H]2C(C)OC(CO)[C@@H](O)C2O)[C@@H](O)C(O)[C@@H]1OC(=O)CO.CC(O)CC(=O)O[C@@H]1C(CO)O[C@@H](O[C@@H]2C(C)OC(CO)[C@@H](O)C2O)[C@@H](O)C1O.CC1OC(CO)[C@@H](O)C(O)[C@@H]1O[C@@H]1OC(CO)[C@@H](OC(=O)CO)C(O)[C@@H]1O. The largest absolute Gasteiger partial charge is 0.463 e. The Morgan fingerprint density at radius 3 is 0.661 bits per heavy atom. The second-order valence-electron chi connectivity index (χ2n) is 28.9. The summed E-state index contributed by atoms with van der Waals surface area (Å²) in [5, 5.41) is 256. The number of hydrogen-bond donors (Lipinski definition) is 26. The Morgan fingerprint density at radius 1 is 0.271 bits per heavy atom. The maximum absolute atomic E-state index is 12.0. The molecule has 0 spiro atoms. The van der Waals surface area contributed by atoms with E-state index >= 15 is 0 Å². The monoisotopic (exact) mass is 1730 g/mol. The van der Waals surface area contributed by atoms with Crippen LogP contribution in [0.3, 0.4) is 0 Å². The van der Waals surface area contributed by atoms with Crippen LogP contribution in [0.15, 0.2) is 0 Å². The predicted molar refractivity (Wildman–Crippen MR) is 370 cm³/mol. The number of carbonyl (C=O) groups excluding carboxylic acids is 6. The lowest BCUT2D eigenvalue weighted by molar-refractivity contribution is -0.341. The molecule has 688 valence electrons. The van der Waals surface area contributed by atoms with Crippen molar-refractivity contribution in [2.45, 2.75) is 325 Å². The molecule has 8 aliphatic heterocycles. The number of aliphatic hydroxyl groups is 26. The molecule has 50 nitrogen and oxygen atoms in total. The van der Waals surface area contributed by atoms with Gasteiger partial charge in [0.25, 0.3) is 0 Å². The lowest BCUT2D eigenvalue weighted by atomic mass is 9.95. The molecule has 50 heteroatoms. The van der Waals surface area contributed by atoms with Gasteiger partial charge in [-0.1, -0.05) is 0 Å². The summed E-state index contributed by atoms with van der Waals surface area (Å²) in [6.07, 6.45) is -58.0. The normalized spacial score (nSPS) is 43.1. The number of aliphatic hydroxyl groups excluding tert-OH is 26. The van der Waals surface area contributed by atoms with Gasteiger partial charge in [-0.25, -0.2) is 9.59 Å². The van der Waals surface area contributed by atoms with E-state index in [0.29, 0.717) is 0 Å². The zero-order valence-corrected chi connectivity index (χ0v) is 65.2. The minimum atomic E-state index is -1.78. The number of carbonyl (C=O) groups is 6. The molecule has 8 rings (SSSR count). The van der Waals surface area contributed by atoms with E-state index in [-0.39, 0.29) is 12.8 Å². The zero-order chi connectivity index (χ0) is 88.9. The lowest BCUT2D eigenvalue weighted by Gasteiger charge is -2.46. The van der Waals surface area contributed by atoms with Crippen LogP contribution in [-0.2, 0) is 114 Å². The summed E-state index contributed by atoms with van der Waals surface area (Å²) < 4.78 is 94.9. The fraction of sp³-hybridized carbons (Fsp3) is 0.912. The van der Waals surface area contributed by atoms with Crippen LogP contribution in [0.2, 0.25) is 0 Å². The van der Waals surface area contributed by atoms with Crippen LogP contribution in [0, 0.1) is 0 Å². The molecular formula is C68H116O50. The summed E-state index contributed by atoms with van der Waals surface area (Å²) in [4.78, 5) is 68.8. The molecular weight excluding hydrogens is 1620 g/mol. The third kappa shape index (κ3) is 27.6. The first-order valence-electron chi connectivity index (χ1n) is 37.4. The van der Waals surface area contributed by atoms with Crippen LogP contribution < -0.4 is 0 Å². The van der Waals surface area contributed by atoms with Gasteiger partial charge >= 0.3 is 35.8 Å². The van der Waals surface area contributed by atoms with Gasteiger partial charge in [-0.2, -0.15) is 0 Å². The summed E-state index contributed by atoms with van der Waals surface area (Å²) in [5.74, 6) is -5.30. The molecule has 0 saturated carbocycles. The van der Waals surface area contributed by atoms with Crippen LogP contribution in [0.1, 0.15) is 68.2 Å². The van der Waals surface area contributed by atoms with E-state index in [2.05, 4.69) is 0 Å². The van der Waals surface area contributed by atoms with Gasteiger partial charge in [0.15, 0.2) is 49.6 Å². The minimum absolute atomic E-state index is 0.357. The Labute approximate surface area is 672 Å². The highest BCUT2D eigenvalue weighted by Crippen LogP contribution is 2.36. The van der Waals surface area contributed by atoms with Crippen LogP contribution >= 0.6 is 0 Å². The Kier molecular flexibility index (Phi) is 42.7. The number of rotatable bonds is 28. The number of ether oxygens (including phenoxy) is 18. The zero-order valence-electron chi connectivity index (χ0n) is 65.2. The Balaban J connectivity index is 0.000000281. The predicted octanol–water partition coefficient (Wildman–Crippen LogP) is -16.4. The van der Waals surface area contributed by atoms with Crippen molar-refractivity contribution in [3.63, 3.8) is 0 Å². The van der Waals surface area contributed by atoms with Gasteiger partial charge in [0.05, 0.1) is 89.1 Å². The second kappa shape index (κ2) is 48.5. The molecule has 8 heterocycles. The molecule has 26 N–H and O–H groups in total. The molecule has 0 aliphatic carbocycles. The Bertz CT molecular complexity index is 3000. The van der Waals surface area contributed by atoms with E-state index in [9.17, 15) is 146 Å². The second-order valence-corrected chi connectivity index (χ2v) is 28.9. The Morgan fingerprint density at radius 2 is 0.466 bits per heavy atom. The summed E-state index contributed by atoms with van der Waals surface area (Å²) >= 11 is 0. The van der Waals surface area contributed by atoms with Crippen LogP contribution in [0.5, 0.6) is 0 Å². The fourth-order valence-electron chi connectivity index (χ4n) is 13.4. The van der Waals surface area contributed by atoms with Crippen molar-refractivity contribution in [3.05, 3.63) is 0 Å². The van der Waals surface area contributed by atoms with E-state index in [1.807, 2.05) is 0 Å². The number of esters is 6. The average molecular weight is 1730 g/mol. The van der Waals surface area contributed by atoms with Gasteiger partial charge in [0.2, 0.25) is 0 Å². The van der Waals surface area contributed by atoms with E-state index < -0.39 is 359 Å². The van der Waals surface area contributed by atoms with Gasteiger partial charge in [-0.3, -0.25) is 19.2 Å². The number of hydrogen-bond acceptors (Lipinski definition) is 50. The van der Waals surface area contributed by atoms with Crippen molar-refractivity contribution in [2.75, 3.05) is 66.1 Å². The Hall–Kier alpha value is -4.70. The van der Waals surface area contributed by atoms with Gasteiger partial charge in [0, 0.05) is 13.8 Å². The molecule has 42 atom stereocenters. The first-order chi connectivity index (χ1) is 55.4. The van der Waals surface area contributed by atoms with Crippen molar-refractivity contribution in [3.8, 4) is 0 Å². The van der Waals surface area contributed by atoms with E-state index in [1.165, 1.54) is 41.5 Å². The van der Waals surface area contributed by atoms with Gasteiger partial charge in [-0.15, -0.1) is 0 Å². The molecule has 0 aromatic rings. The first kappa shape index (κ1) is 104. The molecule has 8 saturated heterocycles. The average Bonchev–Trinajstić information content (AvgIpc) is 0.796. The minimum Gasteiger partial charge on any atom is -0.463 e. The van der Waals surface area contributed by atoms with Crippen LogP contribution in [0.4, 0.5) is 0 Å². The molecule has 118 heavy (non-hydrogen) atoms. The topological polar surface area (TPSA) is 795 Å². The highest BCUT2D eigenvalue weighted by atomic mass is 16.8. The lowest BCUT2D eigenvalue weighted by Crippen LogP contribution is -2.64. The third-order valence-electron chi connectivity index (χ3n) is 19.6. The highest BCUT2D eigenvalue weighted by Gasteiger charge is 2.57. The van der Waals surface area contributed by atoms with Crippen molar-refractivity contribution in [2.24, 2.45) is 0 Å². The molecule has 0 aromatic carbocycles. The van der Waals surface area contributed by atoms with Crippen LogP contribution in [-0.4, -0.2) is 492 Å². The molecule has 8 fully saturated rings. The van der Waals surface area contributed by atoms with E-state index in [0.717, 1.165) is 13.8 Å². The fourth-order valence-corrected chi connectivity index (χ4v) is 13.4. The van der Waals surface area contributed by atoms with E-state index in [1.54, 1.807) is 0 Å². The van der Waals surface area contributed by atoms with Gasteiger partial charge < -0.3 is 218 Å². The van der Waals surface area contributed by atoms with Crippen molar-refractivity contribution < 1.29 is 247 Å². The van der Waals surface area contributed by atoms with Crippen molar-refractivity contribution in [1.82, 2.24) is 0 Å². The molecule has 0 amide bonds. The molecule has 0 aromatic heterocycles. The highest BCUT2D eigenvalue weighted by molar-refractivity contribution is 5.72. The summed E-state index contributed by atoms with van der Waals surface area (Å²) in [5.41, 5.74) is 0. The third-order valence-corrected chi connectivity index (χ3v) is 19.6. The molecule has 0 bridgehead atoms. The molecule has 8 aliphatic rings. The van der Waals surface area contributed by atoms with Crippen molar-refractivity contribution >= 4 is 35.8 Å². The first-order valence-corrected chi connectivity index (χ1v) is 37.4. The summed E-state index contributed by atoms with van der Waals surface area (Å²) in [7, 11) is 0. The quantitative estimate of drug-likeness (QED) is 0.0255. The van der Waals surface area contributed by atoms with Crippen molar-refractivity contribution in [1.29, 1.82) is 0 Å². The van der Waals surface area contributed by atoms with Gasteiger partial charge in [-0.05, 0) is 41.5 Å². The summed E-state index contributed by atoms with van der Waals surface area (Å²) in [6.45, 7) is 4.57. The standard InChI is InChI=1S/C19H32O13.C17H28O13.C17H30O12.C15H26O12/c1-7(21)4-12(23)31-18-11(6-28-9(3)22)30-19(16(27)15(18)26)32-17-8(2)29-10(5-20)13(24)14(17)25;1-6-15(12(23)11(22)8(3-18)27-6)30-17-14(25)13(24)16(29-10(21)4-19)9(28-17)5-26-7(2)20;1-6(20)3-10(21)28-16-9(5-19)27-17(14(25)13(16)24)29-15-7(2)26-8(4-18)11(22)12(15)23;1-5-13(10(21)9(20)6(2-16)24-5)27-15-12(23)11(22)14(7(3-17)25-15)26-8(19)4-18/h7-8,10-11,13-21,24-27H,4-6H2,1-3H3;6,8-9,11-19,22-25H,3-5H2,1-2H3;6-9,11-20,22-25H,3-5H2,1-2H3;5-7,9-18,20-23H,2-4H2,1H3/t7?,8?,10?,11?,13-,14?,15?,16+,17-,18-,19+;6?,8?,9?,11-,12?,13?,14+,15-,16-,17+;6?,7?,8?,9?,11-,12?,13?,14+,15-,16-,17+;5?,6?,7?,9-,10?,11?,12+,13-,14-,15+/m1111/s1. The van der Waals surface area contributed by atoms with E-state index in [4.69, 9.17) is 101 Å². The smallest absolute Gasteiger partial charge is 0.332 e. The summed E-state index contributed by atoms with van der Waals surface area (Å²) in [6, 6.07) is 0. The van der Waals surface area contributed by atoms with Crippen LogP contribution in [0.25, 0.3) is 0 Å². The molecule has 0 radical (unpaired) electrons. The van der Waals surface area contributed by atoms with Gasteiger partial charge in [0.1, 0.15) is 197 Å².